The fourth-order valence-electron chi connectivity index (χ4n) is 3.17. The van der Waals surface area contributed by atoms with E-state index in [0.29, 0.717) is 24.7 Å². The fourth-order valence-corrected chi connectivity index (χ4v) is 3.17. The number of nitrogens with one attached hydrogen (secondary N) is 1. The highest BCUT2D eigenvalue weighted by Gasteiger charge is 2.08. The average Bonchev–Trinajstić information content (AvgIpc) is 2.93. The highest BCUT2D eigenvalue weighted by atomic mass is 16.5. The van der Waals surface area contributed by atoms with Gasteiger partial charge in [-0.05, 0) is 69.6 Å². The molecule has 0 spiro atoms. The first-order chi connectivity index (χ1) is 12.7. The predicted molar refractivity (Wildman–Crippen MR) is 106 cm³/mol. The van der Waals surface area contributed by atoms with Gasteiger partial charge in [-0.3, -0.25) is 4.79 Å². The lowest BCUT2D eigenvalue weighted by Gasteiger charge is -2.19. The van der Waals surface area contributed by atoms with Crippen LogP contribution in [-0.4, -0.2) is 50.7 Å². The van der Waals surface area contributed by atoms with Crippen molar-refractivity contribution in [2.24, 2.45) is 0 Å². The second-order valence-electron chi connectivity index (χ2n) is 6.58. The van der Waals surface area contributed by atoms with Crippen LogP contribution in [0.2, 0.25) is 0 Å². The van der Waals surface area contributed by atoms with Crippen LogP contribution in [0.1, 0.15) is 44.6 Å². The smallest absolute Gasteiger partial charge is 0.243 e. The van der Waals surface area contributed by atoms with Crippen molar-refractivity contribution in [2.75, 3.05) is 39.9 Å². The van der Waals surface area contributed by atoms with Crippen LogP contribution in [0.3, 0.4) is 0 Å². The van der Waals surface area contributed by atoms with Crippen LogP contribution in [0.15, 0.2) is 24.3 Å². The molecule has 2 rings (SSSR count). The molecule has 0 aromatic heterocycles. The summed E-state index contributed by atoms with van der Waals surface area (Å²) in [4.78, 5) is 14.5. The van der Waals surface area contributed by atoms with Crippen molar-refractivity contribution < 1.29 is 14.3 Å². The summed E-state index contributed by atoms with van der Waals surface area (Å²) >= 11 is 0. The van der Waals surface area contributed by atoms with E-state index in [9.17, 15) is 4.79 Å². The Morgan fingerprint density at radius 2 is 1.96 bits per heavy atom. The molecule has 0 atom stereocenters. The van der Waals surface area contributed by atoms with E-state index in [2.05, 4.69) is 10.2 Å². The molecule has 1 amide bonds. The van der Waals surface area contributed by atoms with Crippen molar-refractivity contribution in [2.45, 2.75) is 39.0 Å². The van der Waals surface area contributed by atoms with Crippen molar-refractivity contribution in [1.29, 1.82) is 0 Å². The number of ether oxygens (including phenoxy) is 2. The zero-order valence-electron chi connectivity index (χ0n) is 16.1. The number of hydrogen-bond donors (Lipinski definition) is 1. The van der Waals surface area contributed by atoms with Gasteiger partial charge >= 0.3 is 0 Å². The Morgan fingerprint density at radius 1 is 1.19 bits per heavy atom. The maximum Gasteiger partial charge on any atom is 0.243 e. The van der Waals surface area contributed by atoms with Gasteiger partial charge in [-0.2, -0.15) is 0 Å². The summed E-state index contributed by atoms with van der Waals surface area (Å²) in [7, 11) is 1.61. The van der Waals surface area contributed by atoms with Gasteiger partial charge in [0.1, 0.15) is 0 Å². The summed E-state index contributed by atoms with van der Waals surface area (Å²) < 4.78 is 10.8. The lowest BCUT2D eigenvalue weighted by atomic mass is 10.2. The quantitative estimate of drug-likeness (QED) is 0.541. The Hall–Kier alpha value is -2.01. The Balaban J connectivity index is 1.73. The van der Waals surface area contributed by atoms with Gasteiger partial charge in [0.05, 0.1) is 13.7 Å². The molecule has 0 bridgehead atoms. The molecule has 1 N–H and O–H groups in total. The van der Waals surface area contributed by atoms with Crippen molar-refractivity contribution in [3.05, 3.63) is 29.8 Å². The third kappa shape index (κ3) is 7.08. The molecular weight excluding hydrogens is 328 g/mol. The minimum absolute atomic E-state index is 0.0614. The second-order valence-corrected chi connectivity index (χ2v) is 6.58. The van der Waals surface area contributed by atoms with Gasteiger partial charge < -0.3 is 19.7 Å². The van der Waals surface area contributed by atoms with Gasteiger partial charge in [0.2, 0.25) is 5.91 Å². The zero-order valence-corrected chi connectivity index (χ0v) is 16.1. The van der Waals surface area contributed by atoms with Crippen molar-refractivity contribution >= 4 is 12.0 Å². The molecule has 1 heterocycles. The summed E-state index contributed by atoms with van der Waals surface area (Å²) in [5, 5.41) is 2.96. The maximum absolute atomic E-state index is 12.0. The molecule has 0 saturated carbocycles. The van der Waals surface area contributed by atoms with E-state index in [0.717, 1.165) is 18.5 Å². The number of carbonyl (C=O) groups excluding carboxylic acids is 1. The number of nitrogens with zero attached hydrogens (tertiary/aromatic N) is 1. The van der Waals surface area contributed by atoms with Gasteiger partial charge in [0, 0.05) is 12.6 Å². The normalized spacial score (nSPS) is 15.6. The summed E-state index contributed by atoms with van der Waals surface area (Å²) in [6.45, 7) is 6.71. The minimum atomic E-state index is -0.0614. The van der Waals surface area contributed by atoms with E-state index in [1.165, 1.54) is 38.8 Å². The molecule has 5 nitrogen and oxygen atoms in total. The number of rotatable bonds is 9. The molecule has 0 unspecified atom stereocenters. The van der Waals surface area contributed by atoms with Crippen molar-refractivity contribution in [3.63, 3.8) is 0 Å². The van der Waals surface area contributed by atoms with Crippen molar-refractivity contribution in [3.8, 4) is 11.5 Å². The monoisotopic (exact) mass is 360 g/mol. The second kappa shape index (κ2) is 11.6. The number of likely N-dealkylation sites (tertiary alicyclic amines) is 1. The van der Waals surface area contributed by atoms with Crippen LogP contribution in [-0.2, 0) is 4.79 Å². The first-order valence-corrected chi connectivity index (χ1v) is 9.72. The maximum atomic E-state index is 12.0. The van der Waals surface area contributed by atoms with Crippen LogP contribution < -0.4 is 14.8 Å². The lowest BCUT2D eigenvalue weighted by molar-refractivity contribution is -0.116. The van der Waals surface area contributed by atoms with Crippen LogP contribution in [0, 0.1) is 0 Å². The molecule has 1 saturated heterocycles. The average molecular weight is 360 g/mol. The topological polar surface area (TPSA) is 50.8 Å². The third-order valence-corrected chi connectivity index (χ3v) is 4.56. The van der Waals surface area contributed by atoms with Gasteiger partial charge in [-0.15, -0.1) is 0 Å². The number of methoxy groups -OCH3 is 1. The summed E-state index contributed by atoms with van der Waals surface area (Å²) in [5.74, 6) is 1.32. The summed E-state index contributed by atoms with van der Waals surface area (Å²) in [6.07, 6.45) is 9.68. The van der Waals surface area contributed by atoms with Crippen LogP contribution in [0.4, 0.5) is 0 Å². The van der Waals surface area contributed by atoms with E-state index in [4.69, 9.17) is 9.47 Å². The van der Waals surface area contributed by atoms with Crippen LogP contribution >= 0.6 is 0 Å². The summed E-state index contributed by atoms with van der Waals surface area (Å²) in [5.41, 5.74) is 0.907. The lowest BCUT2D eigenvalue weighted by Crippen LogP contribution is -2.30. The van der Waals surface area contributed by atoms with Gasteiger partial charge in [0.25, 0.3) is 0 Å². The minimum Gasteiger partial charge on any atom is -0.493 e. The van der Waals surface area contributed by atoms with E-state index in [-0.39, 0.29) is 5.91 Å². The molecule has 26 heavy (non-hydrogen) atoms. The number of carbonyl (C=O) groups is 1. The summed E-state index contributed by atoms with van der Waals surface area (Å²) in [6, 6.07) is 5.64. The number of benzene rings is 1. The third-order valence-electron chi connectivity index (χ3n) is 4.56. The highest BCUT2D eigenvalue weighted by Crippen LogP contribution is 2.28. The Morgan fingerprint density at radius 3 is 2.65 bits per heavy atom. The molecule has 0 radical (unpaired) electrons. The first-order valence-electron chi connectivity index (χ1n) is 9.72. The first kappa shape index (κ1) is 20.3. The molecular formula is C21H32N2O3. The predicted octanol–water partition coefficient (Wildman–Crippen LogP) is 3.49. The molecule has 0 aliphatic carbocycles. The fraction of sp³-hybridized carbons (Fsp3) is 0.571. The molecule has 1 aromatic carbocycles. The van der Waals surface area contributed by atoms with E-state index < -0.39 is 0 Å². The Bertz CT molecular complexity index is 579. The number of amides is 1. The standard InChI is InChI=1S/C21H32N2O3/c1-3-26-19-11-9-18(17-20(19)25-2)10-12-21(24)22-13-8-16-23-14-6-4-5-7-15-23/h9-12,17H,3-8,13-16H2,1-2H3,(H,22,24)/b12-10+. The van der Waals surface area contributed by atoms with E-state index in [1.807, 2.05) is 25.1 Å². The van der Waals surface area contributed by atoms with Crippen LogP contribution in [0.25, 0.3) is 6.08 Å². The van der Waals surface area contributed by atoms with Gasteiger partial charge in [0.15, 0.2) is 11.5 Å². The molecule has 1 aliphatic heterocycles. The molecule has 144 valence electrons. The SMILES string of the molecule is CCOc1ccc(/C=C/C(=O)NCCCN2CCCCCC2)cc1OC. The van der Waals surface area contributed by atoms with Crippen molar-refractivity contribution in [1.82, 2.24) is 10.2 Å². The van der Waals surface area contributed by atoms with Gasteiger partial charge in [-0.1, -0.05) is 18.9 Å². The number of hydrogen-bond acceptors (Lipinski definition) is 4. The Labute approximate surface area is 157 Å². The van der Waals surface area contributed by atoms with Gasteiger partial charge in [-0.25, -0.2) is 0 Å². The molecule has 1 aromatic rings. The largest absolute Gasteiger partial charge is 0.493 e. The zero-order chi connectivity index (χ0) is 18.6. The highest BCUT2D eigenvalue weighted by molar-refractivity contribution is 5.91. The van der Waals surface area contributed by atoms with E-state index >= 15 is 0 Å². The van der Waals surface area contributed by atoms with Crippen LogP contribution in [0.5, 0.6) is 11.5 Å². The molecule has 1 aliphatic rings. The molecule has 5 heteroatoms. The van der Waals surface area contributed by atoms with E-state index in [1.54, 1.807) is 19.3 Å². The molecule has 1 fully saturated rings. The Kier molecular flexibility index (Phi) is 9.04.